The Hall–Kier alpha value is -3.29. The first-order chi connectivity index (χ1) is 13.1. The maximum atomic E-state index is 13.4. The summed E-state index contributed by atoms with van der Waals surface area (Å²) < 4.78 is 32.0. The van der Waals surface area contributed by atoms with E-state index in [0.29, 0.717) is 30.1 Å². The number of urea groups is 1. The fraction of sp³-hybridized carbons (Fsp3) is 0.211. The van der Waals surface area contributed by atoms with Gasteiger partial charge in [-0.2, -0.15) is 4.98 Å². The molecule has 0 unspecified atom stereocenters. The van der Waals surface area contributed by atoms with Gasteiger partial charge < -0.3 is 14.7 Å². The van der Waals surface area contributed by atoms with Crippen LogP contribution in [-0.2, 0) is 0 Å². The van der Waals surface area contributed by atoms with Crippen LogP contribution in [0.25, 0.3) is 11.4 Å². The predicted molar refractivity (Wildman–Crippen MR) is 93.8 cm³/mol. The number of nitrogens with zero attached hydrogens (tertiary/aromatic N) is 3. The average Bonchev–Trinajstić information content (AvgIpc) is 3.31. The largest absolute Gasteiger partial charge is 0.337 e. The maximum absolute atomic E-state index is 13.4. The van der Waals surface area contributed by atoms with E-state index in [4.69, 9.17) is 4.52 Å². The summed E-state index contributed by atoms with van der Waals surface area (Å²) in [5, 5.41) is 6.58. The Bertz CT molecular complexity index is 976. The second-order valence-electron chi connectivity index (χ2n) is 6.26. The number of benzene rings is 2. The predicted octanol–water partition coefficient (Wildman–Crippen LogP) is 4.38. The lowest BCUT2D eigenvalue weighted by Crippen LogP contribution is -2.34. The van der Waals surface area contributed by atoms with Gasteiger partial charge in [-0.05, 0) is 43.2 Å². The molecule has 1 saturated heterocycles. The molecule has 6 nitrogen and oxygen atoms in total. The van der Waals surface area contributed by atoms with E-state index in [1.807, 2.05) is 0 Å². The third-order valence-corrected chi connectivity index (χ3v) is 4.40. The monoisotopic (exact) mass is 370 g/mol. The van der Waals surface area contributed by atoms with Crippen molar-refractivity contribution >= 4 is 11.7 Å². The molecule has 2 aromatic carbocycles. The smallest absolute Gasteiger partial charge is 0.322 e. The van der Waals surface area contributed by atoms with Crippen LogP contribution >= 0.6 is 0 Å². The topological polar surface area (TPSA) is 71.3 Å². The molecule has 0 aliphatic carbocycles. The highest BCUT2D eigenvalue weighted by molar-refractivity contribution is 5.89. The molecule has 27 heavy (non-hydrogen) atoms. The molecule has 2 amide bonds. The van der Waals surface area contributed by atoms with Crippen LogP contribution in [-0.4, -0.2) is 27.6 Å². The number of anilines is 1. The van der Waals surface area contributed by atoms with E-state index in [1.165, 1.54) is 30.3 Å². The van der Waals surface area contributed by atoms with E-state index in [9.17, 15) is 13.6 Å². The first-order valence-electron chi connectivity index (χ1n) is 8.53. The van der Waals surface area contributed by atoms with Crippen LogP contribution in [0.4, 0.5) is 19.3 Å². The molecule has 0 radical (unpaired) electrons. The Balaban J connectivity index is 1.52. The summed E-state index contributed by atoms with van der Waals surface area (Å²) in [7, 11) is 0. The Labute approximate surface area is 153 Å². The lowest BCUT2D eigenvalue weighted by molar-refractivity contribution is 0.193. The maximum Gasteiger partial charge on any atom is 0.322 e. The molecule has 1 aromatic heterocycles. The van der Waals surface area contributed by atoms with Gasteiger partial charge in [0.2, 0.25) is 11.7 Å². The van der Waals surface area contributed by atoms with E-state index in [1.54, 1.807) is 23.1 Å². The number of carbonyl (C=O) groups is 1. The highest BCUT2D eigenvalue weighted by Gasteiger charge is 2.34. The Kier molecular flexibility index (Phi) is 4.53. The molecule has 4 rings (SSSR count). The van der Waals surface area contributed by atoms with Gasteiger partial charge in [0, 0.05) is 17.8 Å². The minimum atomic E-state index is -0.428. The van der Waals surface area contributed by atoms with Crippen molar-refractivity contribution in [3.05, 3.63) is 66.1 Å². The van der Waals surface area contributed by atoms with Gasteiger partial charge in [0.25, 0.3) is 0 Å². The number of halogens is 2. The van der Waals surface area contributed by atoms with Crippen molar-refractivity contribution in [3.63, 3.8) is 0 Å². The number of amides is 2. The molecule has 2 heterocycles. The molecule has 1 aliphatic heterocycles. The lowest BCUT2D eigenvalue weighted by atomic mass is 10.2. The van der Waals surface area contributed by atoms with Crippen LogP contribution in [0.3, 0.4) is 0 Å². The van der Waals surface area contributed by atoms with Crippen molar-refractivity contribution in [2.75, 3.05) is 11.9 Å². The third-order valence-electron chi connectivity index (χ3n) is 4.40. The van der Waals surface area contributed by atoms with E-state index < -0.39 is 11.6 Å². The van der Waals surface area contributed by atoms with Crippen LogP contribution in [0.15, 0.2) is 53.1 Å². The number of hydrogen-bond donors (Lipinski definition) is 1. The van der Waals surface area contributed by atoms with Crippen LogP contribution in [0.5, 0.6) is 0 Å². The van der Waals surface area contributed by atoms with Crippen molar-refractivity contribution in [1.29, 1.82) is 0 Å². The molecular formula is C19H16F2N4O2. The Morgan fingerprint density at radius 2 is 1.93 bits per heavy atom. The first kappa shape index (κ1) is 17.1. The van der Waals surface area contributed by atoms with E-state index in [-0.39, 0.29) is 17.9 Å². The molecule has 1 fully saturated rings. The van der Waals surface area contributed by atoms with Gasteiger partial charge in [-0.3, -0.25) is 0 Å². The van der Waals surface area contributed by atoms with Crippen molar-refractivity contribution in [1.82, 2.24) is 15.0 Å². The zero-order valence-electron chi connectivity index (χ0n) is 14.2. The quantitative estimate of drug-likeness (QED) is 0.743. The van der Waals surface area contributed by atoms with Crippen LogP contribution in [0.2, 0.25) is 0 Å². The second kappa shape index (κ2) is 7.14. The van der Waals surface area contributed by atoms with Crippen LogP contribution in [0, 0.1) is 11.6 Å². The molecular weight excluding hydrogens is 354 g/mol. The highest BCUT2D eigenvalue weighted by atomic mass is 19.1. The number of nitrogens with one attached hydrogen (secondary N) is 1. The lowest BCUT2D eigenvalue weighted by Gasteiger charge is -2.22. The number of aromatic nitrogens is 2. The molecule has 1 N–H and O–H groups in total. The molecule has 1 aliphatic rings. The number of rotatable bonds is 3. The van der Waals surface area contributed by atoms with E-state index in [2.05, 4.69) is 15.5 Å². The van der Waals surface area contributed by atoms with E-state index in [0.717, 1.165) is 6.42 Å². The van der Waals surface area contributed by atoms with Gasteiger partial charge in [0.15, 0.2) is 0 Å². The van der Waals surface area contributed by atoms with Gasteiger partial charge in [-0.25, -0.2) is 13.6 Å². The molecule has 0 saturated carbocycles. The molecule has 8 heteroatoms. The van der Waals surface area contributed by atoms with Crippen molar-refractivity contribution < 1.29 is 18.1 Å². The summed E-state index contributed by atoms with van der Waals surface area (Å²) in [5.74, 6) is -0.263. The summed E-state index contributed by atoms with van der Waals surface area (Å²) >= 11 is 0. The zero-order chi connectivity index (χ0) is 18.8. The van der Waals surface area contributed by atoms with Gasteiger partial charge in [-0.1, -0.05) is 23.4 Å². The fourth-order valence-corrected chi connectivity index (χ4v) is 3.14. The zero-order valence-corrected chi connectivity index (χ0v) is 14.2. The number of likely N-dealkylation sites (tertiary alicyclic amines) is 1. The standard InChI is InChI=1S/C19H16F2N4O2/c20-13-5-1-4-12(10-13)17-23-18(27-24-17)16-8-3-9-25(16)19(26)22-15-7-2-6-14(21)11-15/h1-2,4-7,10-11,16H,3,8-9H2,(H,22,26)/t16-/m0/s1. The normalized spacial score (nSPS) is 16.5. The molecule has 3 aromatic rings. The summed E-state index contributed by atoms with van der Waals surface area (Å²) in [6.07, 6.45) is 1.44. The van der Waals surface area contributed by atoms with Gasteiger partial charge >= 0.3 is 6.03 Å². The second-order valence-corrected chi connectivity index (χ2v) is 6.26. The third kappa shape index (κ3) is 3.64. The minimum Gasteiger partial charge on any atom is -0.337 e. The average molecular weight is 370 g/mol. The summed E-state index contributed by atoms with van der Waals surface area (Å²) in [5.41, 5.74) is 0.871. The van der Waals surface area contributed by atoms with E-state index >= 15 is 0 Å². The fourth-order valence-electron chi connectivity index (χ4n) is 3.14. The number of hydrogen-bond acceptors (Lipinski definition) is 4. The van der Waals surface area contributed by atoms with Crippen molar-refractivity contribution in [3.8, 4) is 11.4 Å². The van der Waals surface area contributed by atoms with Gasteiger partial charge in [-0.15, -0.1) is 0 Å². The Morgan fingerprint density at radius 1 is 1.15 bits per heavy atom. The van der Waals surface area contributed by atoms with Crippen LogP contribution < -0.4 is 5.32 Å². The first-order valence-corrected chi connectivity index (χ1v) is 8.53. The Morgan fingerprint density at radius 3 is 2.70 bits per heavy atom. The van der Waals surface area contributed by atoms with Crippen LogP contribution in [0.1, 0.15) is 24.8 Å². The molecule has 0 bridgehead atoms. The highest BCUT2D eigenvalue weighted by Crippen LogP contribution is 2.32. The summed E-state index contributed by atoms with van der Waals surface area (Å²) in [6.45, 7) is 0.517. The van der Waals surface area contributed by atoms with Gasteiger partial charge in [0.1, 0.15) is 17.7 Å². The SMILES string of the molecule is O=C(Nc1cccc(F)c1)N1CCC[C@H]1c1nc(-c2cccc(F)c2)no1. The summed E-state index contributed by atoms with van der Waals surface area (Å²) in [4.78, 5) is 18.5. The van der Waals surface area contributed by atoms with Gasteiger partial charge in [0.05, 0.1) is 0 Å². The molecule has 0 spiro atoms. The molecule has 138 valence electrons. The van der Waals surface area contributed by atoms with Crippen molar-refractivity contribution in [2.45, 2.75) is 18.9 Å². The number of carbonyl (C=O) groups excluding carboxylic acids is 1. The summed E-state index contributed by atoms with van der Waals surface area (Å²) in [6, 6.07) is 10.8. The molecule has 1 atom stereocenters. The van der Waals surface area contributed by atoms with Crippen molar-refractivity contribution in [2.24, 2.45) is 0 Å². The minimum absolute atomic E-state index is 0.266.